The zero-order chi connectivity index (χ0) is 12.3. The average Bonchev–Trinajstić information content (AvgIpc) is 2.77. The third-order valence-electron chi connectivity index (χ3n) is 4.03. The summed E-state index contributed by atoms with van der Waals surface area (Å²) in [4.78, 5) is 3.76. The molecule has 96 valence electrons. The van der Waals surface area contributed by atoms with E-state index in [2.05, 4.69) is 36.4 Å². The molecular formula is C14H23NOS. The molecule has 1 aromatic rings. The van der Waals surface area contributed by atoms with E-state index in [4.69, 9.17) is 0 Å². The molecule has 1 aromatic heterocycles. The number of aliphatic hydroxyl groups is 1. The summed E-state index contributed by atoms with van der Waals surface area (Å²) in [5, 5.41) is 12.4. The third-order valence-corrected chi connectivity index (χ3v) is 5.08. The molecule has 1 heterocycles. The molecule has 0 amide bonds. The normalized spacial score (nSPS) is 28.0. The molecule has 0 spiro atoms. The van der Waals surface area contributed by atoms with Crippen LogP contribution in [0.25, 0.3) is 0 Å². The van der Waals surface area contributed by atoms with Crippen molar-refractivity contribution >= 4 is 11.3 Å². The van der Waals surface area contributed by atoms with E-state index >= 15 is 0 Å². The second kappa shape index (κ2) is 5.98. The maximum Gasteiger partial charge on any atom is 0.0695 e. The number of hydrogen-bond donors (Lipinski definition) is 1. The predicted octanol–water partition coefficient (Wildman–Crippen LogP) is 3.43. The second-order valence-electron chi connectivity index (χ2n) is 5.13. The third kappa shape index (κ3) is 3.09. The van der Waals surface area contributed by atoms with Crippen molar-refractivity contribution in [1.29, 1.82) is 0 Å². The Morgan fingerprint density at radius 1 is 1.35 bits per heavy atom. The highest BCUT2D eigenvalue weighted by molar-refractivity contribution is 7.10. The summed E-state index contributed by atoms with van der Waals surface area (Å²) in [6.45, 7) is 2.24. The van der Waals surface area contributed by atoms with E-state index in [0.717, 1.165) is 12.8 Å². The zero-order valence-electron chi connectivity index (χ0n) is 10.8. The predicted molar refractivity (Wildman–Crippen MR) is 73.4 cm³/mol. The van der Waals surface area contributed by atoms with Gasteiger partial charge in [0.2, 0.25) is 0 Å². The summed E-state index contributed by atoms with van der Waals surface area (Å²) in [6.07, 6.45) is 5.65. The lowest BCUT2D eigenvalue weighted by atomic mass is 10.0. The molecule has 3 atom stereocenters. The first-order valence-electron chi connectivity index (χ1n) is 6.63. The van der Waals surface area contributed by atoms with Crippen molar-refractivity contribution in [2.75, 3.05) is 7.05 Å². The van der Waals surface area contributed by atoms with Gasteiger partial charge in [-0.15, -0.1) is 11.3 Å². The van der Waals surface area contributed by atoms with Gasteiger partial charge in [-0.25, -0.2) is 0 Å². The van der Waals surface area contributed by atoms with E-state index in [9.17, 15) is 5.11 Å². The van der Waals surface area contributed by atoms with Crippen LogP contribution >= 0.6 is 11.3 Å². The SMILES string of the molecule is CC(c1cccs1)N(C)C1CCCCCC1O. The van der Waals surface area contributed by atoms with Gasteiger partial charge < -0.3 is 5.11 Å². The number of nitrogens with zero attached hydrogens (tertiary/aromatic N) is 1. The van der Waals surface area contributed by atoms with Crippen LogP contribution in [0.15, 0.2) is 17.5 Å². The monoisotopic (exact) mass is 253 g/mol. The molecule has 1 N–H and O–H groups in total. The maximum atomic E-state index is 10.2. The van der Waals surface area contributed by atoms with Crippen LogP contribution in [0.1, 0.15) is 49.9 Å². The largest absolute Gasteiger partial charge is 0.391 e. The molecule has 0 saturated heterocycles. The Morgan fingerprint density at radius 3 is 2.82 bits per heavy atom. The summed E-state index contributed by atoms with van der Waals surface area (Å²) in [5.41, 5.74) is 0. The van der Waals surface area contributed by atoms with Crippen LogP contribution in [0.5, 0.6) is 0 Å². The standard InChI is InChI=1S/C14H23NOS/c1-11(14-9-6-10-17-14)15(2)12-7-4-3-5-8-13(12)16/h6,9-13,16H,3-5,7-8H2,1-2H3. The lowest BCUT2D eigenvalue weighted by Crippen LogP contribution is -2.41. The van der Waals surface area contributed by atoms with E-state index < -0.39 is 0 Å². The molecule has 1 fully saturated rings. The Bertz CT molecular complexity index is 325. The Labute approximate surface area is 108 Å². The van der Waals surface area contributed by atoms with E-state index in [1.54, 1.807) is 11.3 Å². The van der Waals surface area contributed by atoms with E-state index in [-0.39, 0.29) is 6.10 Å². The van der Waals surface area contributed by atoms with Crippen LogP contribution in [0.4, 0.5) is 0 Å². The van der Waals surface area contributed by atoms with Gasteiger partial charge in [-0.2, -0.15) is 0 Å². The highest BCUT2D eigenvalue weighted by Gasteiger charge is 2.28. The zero-order valence-corrected chi connectivity index (χ0v) is 11.6. The molecule has 2 rings (SSSR count). The Morgan fingerprint density at radius 2 is 2.12 bits per heavy atom. The topological polar surface area (TPSA) is 23.5 Å². The summed E-state index contributed by atoms with van der Waals surface area (Å²) in [6, 6.07) is 5.03. The van der Waals surface area contributed by atoms with Gasteiger partial charge in [-0.1, -0.05) is 25.3 Å². The van der Waals surface area contributed by atoms with Crippen molar-refractivity contribution in [3.8, 4) is 0 Å². The number of thiophene rings is 1. The molecule has 2 nitrogen and oxygen atoms in total. The van der Waals surface area contributed by atoms with Crippen LogP contribution in [0.3, 0.4) is 0 Å². The number of aliphatic hydroxyl groups excluding tert-OH is 1. The fourth-order valence-electron chi connectivity index (χ4n) is 2.76. The first-order valence-corrected chi connectivity index (χ1v) is 7.51. The quantitative estimate of drug-likeness (QED) is 0.834. The van der Waals surface area contributed by atoms with Gasteiger partial charge in [0.15, 0.2) is 0 Å². The number of rotatable bonds is 3. The Hall–Kier alpha value is -0.380. The highest BCUT2D eigenvalue weighted by Crippen LogP contribution is 2.30. The van der Waals surface area contributed by atoms with Crippen LogP contribution in [-0.4, -0.2) is 29.2 Å². The van der Waals surface area contributed by atoms with Gasteiger partial charge in [0.05, 0.1) is 6.10 Å². The lowest BCUT2D eigenvalue weighted by molar-refractivity contribution is 0.0400. The summed E-state index contributed by atoms with van der Waals surface area (Å²) < 4.78 is 0. The van der Waals surface area contributed by atoms with Gasteiger partial charge in [0.1, 0.15) is 0 Å². The van der Waals surface area contributed by atoms with Gasteiger partial charge in [-0.3, -0.25) is 4.90 Å². The van der Waals surface area contributed by atoms with Crippen LogP contribution < -0.4 is 0 Å². The second-order valence-corrected chi connectivity index (χ2v) is 6.11. The molecule has 1 aliphatic carbocycles. The van der Waals surface area contributed by atoms with E-state index in [1.165, 1.54) is 24.1 Å². The van der Waals surface area contributed by atoms with Crippen molar-refractivity contribution in [3.05, 3.63) is 22.4 Å². The fourth-order valence-corrected chi connectivity index (χ4v) is 3.60. The molecule has 0 aromatic carbocycles. The van der Waals surface area contributed by atoms with Gasteiger partial charge in [-0.05, 0) is 38.3 Å². The van der Waals surface area contributed by atoms with E-state index in [0.29, 0.717) is 12.1 Å². The molecule has 0 aliphatic heterocycles. The van der Waals surface area contributed by atoms with Crippen LogP contribution in [0, 0.1) is 0 Å². The first-order chi connectivity index (χ1) is 8.20. The minimum Gasteiger partial charge on any atom is -0.391 e. The van der Waals surface area contributed by atoms with E-state index in [1.807, 2.05) is 0 Å². The number of hydrogen-bond acceptors (Lipinski definition) is 3. The molecule has 17 heavy (non-hydrogen) atoms. The van der Waals surface area contributed by atoms with Crippen molar-refractivity contribution in [1.82, 2.24) is 4.90 Å². The first kappa shape index (κ1) is 13.1. The summed E-state index contributed by atoms with van der Waals surface area (Å²) >= 11 is 1.81. The van der Waals surface area contributed by atoms with Gasteiger partial charge >= 0.3 is 0 Å². The molecule has 0 radical (unpaired) electrons. The molecule has 3 heteroatoms. The van der Waals surface area contributed by atoms with Crippen molar-refractivity contribution in [3.63, 3.8) is 0 Å². The summed E-state index contributed by atoms with van der Waals surface area (Å²) in [5.74, 6) is 0. The van der Waals surface area contributed by atoms with Crippen molar-refractivity contribution < 1.29 is 5.11 Å². The molecule has 1 saturated carbocycles. The van der Waals surface area contributed by atoms with Crippen molar-refractivity contribution in [2.45, 2.75) is 57.2 Å². The maximum absolute atomic E-state index is 10.2. The van der Waals surface area contributed by atoms with Gasteiger partial charge in [0, 0.05) is 17.0 Å². The Balaban J connectivity index is 2.04. The highest BCUT2D eigenvalue weighted by atomic mass is 32.1. The molecule has 0 bridgehead atoms. The smallest absolute Gasteiger partial charge is 0.0695 e. The molecule has 1 aliphatic rings. The minimum absolute atomic E-state index is 0.148. The lowest BCUT2D eigenvalue weighted by Gasteiger charge is -2.35. The summed E-state index contributed by atoms with van der Waals surface area (Å²) in [7, 11) is 2.16. The molecular weight excluding hydrogens is 230 g/mol. The van der Waals surface area contributed by atoms with Gasteiger partial charge in [0.25, 0.3) is 0 Å². The number of likely N-dealkylation sites (N-methyl/N-ethyl adjacent to an activating group) is 1. The molecule has 3 unspecified atom stereocenters. The average molecular weight is 253 g/mol. The van der Waals surface area contributed by atoms with Crippen LogP contribution in [-0.2, 0) is 0 Å². The van der Waals surface area contributed by atoms with Crippen LogP contribution in [0.2, 0.25) is 0 Å². The van der Waals surface area contributed by atoms with Crippen molar-refractivity contribution in [2.24, 2.45) is 0 Å². The fraction of sp³-hybridized carbons (Fsp3) is 0.714. The minimum atomic E-state index is -0.148. The Kier molecular flexibility index (Phi) is 4.60.